The van der Waals surface area contributed by atoms with E-state index in [1.54, 1.807) is 0 Å². The molecule has 378 valence electrons. The van der Waals surface area contributed by atoms with Crippen molar-refractivity contribution < 1.29 is 0 Å². The van der Waals surface area contributed by atoms with Crippen LogP contribution in [-0.4, -0.2) is 0 Å². The van der Waals surface area contributed by atoms with E-state index in [9.17, 15) is 0 Å². The van der Waals surface area contributed by atoms with E-state index in [4.69, 9.17) is 0 Å². The lowest BCUT2D eigenvalue weighted by Crippen LogP contribution is -2.14. The summed E-state index contributed by atoms with van der Waals surface area (Å²) in [4.78, 5) is 9.63. The van der Waals surface area contributed by atoms with Crippen LogP contribution in [0.25, 0.3) is 54.2 Å². The van der Waals surface area contributed by atoms with E-state index in [0.717, 1.165) is 79.4 Å². The molecule has 0 aliphatic carbocycles. The molecule has 0 N–H and O–H groups in total. The van der Waals surface area contributed by atoms with Crippen LogP contribution in [0.5, 0.6) is 0 Å². The van der Waals surface area contributed by atoms with Crippen LogP contribution in [0.1, 0.15) is 0 Å². The first-order valence-electron chi connectivity index (χ1n) is 27.3. The second-order valence-electron chi connectivity index (χ2n) is 20.3. The van der Waals surface area contributed by atoms with E-state index >= 15 is 0 Å². The summed E-state index contributed by atoms with van der Waals surface area (Å²) in [5.74, 6) is 0. The lowest BCUT2D eigenvalue weighted by atomic mass is 9.98. The minimum absolute atomic E-state index is 1.01. The minimum Gasteiger partial charge on any atom is -0.310 e. The summed E-state index contributed by atoms with van der Waals surface area (Å²) in [7, 11) is 0. The third-order valence-electron chi connectivity index (χ3n) is 15.2. The van der Waals surface area contributed by atoms with Crippen molar-refractivity contribution in [2.45, 2.75) is 0 Å². The first kappa shape index (κ1) is 47.7. The maximum absolute atomic E-state index is 2.41. The topological polar surface area (TPSA) is 13.0 Å². The fourth-order valence-corrected chi connectivity index (χ4v) is 11.4. The average molecular weight is 1020 g/mol. The van der Waals surface area contributed by atoms with Gasteiger partial charge in [-0.3, -0.25) is 0 Å². The zero-order valence-electron chi connectivity index (χ0n) is 44.0. The molecule has 0 bridgehead atoms. The number of nitrogens with zero attached hydrogens (tertiary/aromatic N) is 4. The van der Waals surface area contributed by atoms with E-state index in [-0.39, 0.29) is 0 Å². The van der Waals surface area contributed by atoms with Gasteiger partial charge in [0.05, 0.1) is 0 Å². The third-order valence-corrected chi connectivity index (χ3v) is 15.2. The molecule has 0 unspecified atom stereocenters. The predicted octanol–water partition coefficient (Wildman–Crippen LogP) is 21.8. The Balaban J connectivity index is 1.07. The molecule has 0 fully saturated rings. The molecule has 0 radical (unpaired) electrons. The number of hydrogen-bond donors (Lipinski definition) is 0. The Morgan fingerprint density at radius 3 is 0.550 bits per heavy atom. The summed E-state index contributed by atoms with van der Waals surface area (Å²) < 4.78 is 0. The number of fused-ring (bicyclic) bond motifs is 4. The molecule has 0 aromatic heterocycles. The van der Waals surface area contributed by atoms with E-state index in [1.165, 1.54) is 43.1 Å². The van der Waals surface area contributed by atoms with E-state index in [2.05, 4.69) is 347 Å². The van der Waals surface area contributed by atoms with Crippen LogP contribution in [0.2, 0.25) is 0 Å². The smallest absolute Gasteiger partial charge is 0.0488 e. The van der Waals surface area contributed by atoms with Crippen LogP contribution in [0.15, 0.2) is 328 Å². The number of benzene rings is 14. The van der Waals surface area contributed by atoms with Crippen LogP contribution in [0, 0.1) is 0 Å². The molecule has 14 aromatic rings. The van der Waals surface area contributed by atoms with E-state index in [0.29, 0.717) is 0 Å². The van der Waals surface area contributed by atoms with Crippen LogP contribution >= 0.6 is 0 Å². The third kappa shape index (κ3) is 9.42. The van der Waals surface area contributed by atoms with Crippen molar-refractivity contribution in [3.05, 3.63) is 328 Å². The number of para-hydroxylation sites is 4. The Bertz CT molecular complexity index is 3930. The zero-order valence-corrected chi connectivity index (χ0v) is 44.0. The number of anilines is 12. The lowest BCUT2D eigenvalue weighted by molar-refractivity contribution is 1.24. The van der Waals surface area contributed by atoms with Crippen molar-refractivity contribution in [3.63, 3.8) is 0 Å². The van der Waals surface area contributed by atoms with Gasteiger partial charge in [-0.15, -0.1) is 0 Å². The van der Waals surface area contributed by atoms with Crippen molar-refractivity contribution >= 4 is 111 Å². The Hall–Kier alpha value is -10.7. The summed E-state index contributed by atoms with van der Waals surface area (Å²) in [6.07, 6.45) is 0. The highest BCUT2D eigenvalue weighted by atomic mass is 15.2. The highest BCUT2D eigenvalue weighted by Gasteiger charge is 2.24. The van der Waals surface area contributed by atoms with Gasteiger partial charge in [0.15, 0.2) is 0 Å². The molecule has 0 saturated carbocycles. The maximum atomic E-state index is 2.41. The molecule has 4 heteroatoms. The van der Waals surface area contributed by atoms with Crippen molar-refractivity contribution in [1.82, 2.24) is 0 Å². The molecule has 0 aliphatic heterocycles. The highest BCUT2D eigenvalue weighted by Crippen LogP contribution is 2.48. The van der Waals surface area contributed by atoms with Gasteiger partial charge in [-0.2, -0.15) is 0 Å². The minimum atomic E-state index is 1.01. The average Bonchev–Trinajstić information content (AvgIpc) is 3.63. The van der Waals surface area contributed by atoms with Crippen LogP contribution in [-0.2, 0) is 0 Å². The zero-order chi connectivity index (χ0) is 53.2. The highest BCUT2D eigenvalue weighted by molar-refractivity contribution is 5.97. The Morgan fingerprint density at radius 1 is 0.125 bits per heavy atom. The first-order valence-corrected chi connectivity index (χ1v) is 27.3. The number of hydrogen-bond acceptors (Lipinski definition) is 4. The summed E-state index contributed by atoms with van der Waals surface area (Å²) in [5.41, 5.74) is 14.6. The molecule has 80 heavy (non-hydrogen) atoms. The second kappa shape index (κ2) is 21.0. The van der Waals surface area contributed by atoms with Crippen molar-refractivity contribution in [2.75, 3.05) is 19.6 Å². The van der Waals surface area contributed by atoms with Crippen LogP contribution < -0.4 is 19.6 Å². The fraction of sp³-hybridized carbons (Fsp3) is 0. The Labute approximate surface area is 467 Å². The molecule has 0 spiro atoms. The second-order valence-corrected chi connectivity index (χ2v) is 20.3. The molecule has 0 saturated heterocycles. The standard InChI is InChI=1S/C76H54N4/c1-5-29-65(30-6-1)77(69-41-37-55-21-13-17-25-59(55)45-69)73-49-63(50-74(53-73)78(66-31-7-2-8-32-66)70-42-38-56-22-14-18-26-60(56)46-70)64-51-75(79(67-33-9-3-10-34-67)71-43-39-57-23-15-19-27-61(57)47-71)54-76(52-64)80(68-35-11-4-12-36-68)72-44-40-58-24-16-20-28-62(58)48-72/h1-54H. The van der Waals surface area contributed by atoms with Gasteiger partial charge in [-0.1, -0.05) is 194 Å². The van der Waals surface area contributed by atoms with Gasteiger partial charge in [0.2, 0.25) is 0 Å². The normalized spacial score (nSPS) is 11.2. The predicted molar refractivity (Wildman–Crippen MR) is 341 cm³/mol. The molecule has 0 amide bonds. The van der Waals surface area contributed by atoms with Gasteiger partial charge in [-0.05, 0) is 188 Å². The maximum Gasteiger partial charge on any atom is 0.0488 e. The quantitative estimate of drug-likeness (QED) is 0.114. The summed E-state index contributed by atoms with van der Waals surface area (Å²) in [5, 5.41) is 9.46. The van der Waals surface area contributed by atoms with Crippen LogP contribution in [0.4, 0.5) is 68.2 Å². The van der Waals surface area contributed by atoms with E-state index < -0.39 is 0 Å². The molecule has 0 heterocycles. The summed E-state index contributed by atoms with van der Waals surface area (Å²) in [6, 6.07) is 119. The molecular weight excluding hydrogens is 969 g/mol. The molecule has 14 rings (SSSR count). The molecule has 0 aliphatic rings. The van der Waals surface area contributed by atoms with Gasteiger partial charge in [0.1, 0.15) is 0 Å². The first-order chi connectivity index (χ1) is 39.6. The molecule has 0 atom stereocenters. The van der Waals surface area contributed by atoms with Gasteiger partial charge in [0, 0.05) is 68.2 Å². The van der Waals surface area contributed by atoms with Gasteiger partial charge >= 0.3 is 0 Å². The van der Waals surface area contributed by atoms with Crippen molar-refractivity contribution in [1.29, 1.82) is 0 Å². The summed E-state index contributed by atoms with van der Waals surface area (Å²) in [6.45, 7) is 0. The molecular formula is C76H54N4. The van der Waals surface area contributed by atoms with Crippen molar-refractivity contribution in [2.24, 2.45) is 0 Å². The number of rotatable bonds is 13. The van der Waals surface area contributed by atoms with Crippen molar-refractivity contribution in [3.8, 4) is 11.1 Å². The molecule has 4 nitrogen and oxygen atoms in total. The molecule has 14 aromatic carbocycles. The van der Waals surface area contributed by atoms with Gasteiger partial charge < -0.3 is 19.6 Å². The Morgan fingerprint density at radius 2 is 0.325 bits per heavy atom. The van der Waals surface area contributed by atoms with Crippen LogP contribution in [0.3, 0.4) is 0 Å². The summed E-state index contributed by atoms with van der Waals surface area (Å²) >= 11 is 0. The largest absolute Gasteiger partial charge is 0.310 e. The fourth-order valence-electron chi connectivity index (χ4n) is 11.4. The van der Waals surface area contributed by atoms with E-state index in [1.807, 2.05) is 0 Å². The van der Waals surface area contributed by atoms with Gasteiger partial charge in [-0.25, -0.2) is 0 Å². The monoisotopic (exact) mass is 1020 g/mol. The lowest BCUT2D eigenvalue weighted by Gasteiger charge is -2.32. The van der Waals surface area contributed by atoms with Gasteiger partial charge in [0.25, 0.3) is 0 Å². The SMILES string of the molecule is c1ccc(N(c2cc(-c3cc(N(c4ccccc4)c4ccc5ccccc5c4)cc(N(c4ccccc4)c4ccc5ccccc5c4)c3)cc(N(c3ccccc3)c3ccc4ccccc4c3)c2)c2ccc3ccccc3c2)cc1. The Kier molecular flexibility index (Phi) is 12.6.